The first-order valence-corrected chi connectivity index (χ1v) is 5.39. The van der Waals surface area contributed by atoms with E-state index in [1.165, 1.54) is 19.3 Å². The molecule has 0 saturated heterocycles. The molecule has 14 heavy (non-hydrogen) atoms. The lowest BCUT2D eigenvalue weighted by atomic mass is 10.1. The van der Waals surface area contributed by atoms with Crippen LogP contribution in [0.3, 0.4) is 0 Å². The average Bonchev–Trinajstić information content (AvgIpc) is 2.46. The SMILES string of the molecule is CCCCCC(N)N1C=CC=CC=C1. The summed E-state index contributed by atoms with van der Waals surface area (Å²) in [5, 5.41) is 0. The zero-order valence-corrected chi connectivity index (χ0v) is 8.89. The molecule has 1 aliphatic heterocycles. The normalized spacial score (nSPS) is 17.1. The molecule has 0 aromatic carbocycles. The summed E-state index contributed by atoms with van der Waals surface area (Å²) >= 11 is 0. The molecule has 2 N–H and O–H groups in total. The van der Waals surface area contributed by atoms with Crippen LogP contribution in [0.2, 0.25) is 0 Å². The Labute approximate surface area is 86.8 Å². The predicted octanol–water partition coefficient (Wildman–Crippen LogP) is 2.75. The monoisotopic (exact) mass is 192 g/mol. The van der Waals surface area contributed by atoms with Crippen molar-refractivity contribution < 1.29 is 0 Å². The maximum atomic E-state index is 6.05. The molecule has 0 saturated carbocycles. The third-order valence-corrected chi connectivity index (χ3v) is 2.34. The second-order valence-electron chi connectivity index (χ2n) is 3.58. The van der Waals surface area contributed by atoms with Crippen LogP contribution >= 0.6 is 0 Å². The van der Waals surface area contributed by atoms with Crippen molar-refractivity contribution in [3.8, 4) is 0 Å². The first-order chi connectivity index (χ1) is 6.84. The van der Waals surface area contributed by atoms with Gasteiger partial charge in [-0.1, -0.05) is 38.3 Å². The van der Waals surface area contributed by atoms with E-state index in [2.05, 4.69) is 11.8 Å². The Kier molecular flexibility index (Phi) is 5.08. The predicted molar refractivity (Wildman–Crippen MR) is 61.4 cm³/mol. The van der Waals surface area contributed by atoms with E-state index >= 15 is 0 Å². The van der Waals surface area contributed by atoms with Gasteiger partial charge in [-0.3, -0.25) is 0 Å². The molecule has 1 rings (SSSR count). The molecule has 0 aromatic heterocycles. The van der Waals surface area contributed by atoms with Gasteiger partial charge in [-0.25, -0.2) is 0 Å². The standard InChI is InChI=1S/C12H20N2/c1-2-3-6-9-12(13)14-10-7-4-5-8-11-14/h4-5,7-8,10-12H,2-3,6,9,13H2,1H3. The molecule has 0 aromatic rings. The quantitative estimate of drug-likeness (QED) is 0.679. The van der Waals surface area contributed by atoms with Gasteiger partial charge in [0.05, 0.1) is 6.17 Å². The van der Waals surface area contributed by atoms with Crippen LogP contribution in [0.15, 0.2) is 36.7 Å². The molecule has 0 spiro atoms. The van der Waals surface area contributed by atoms with E-state index in [1.807, 2.05) is 36.7 Å². The highest BCUT2D eigenvalue weighted by atomic mass is 15.2. The van der Waals surface area contributed by atoms with Crippen molar-refractivity contribution in [3.63, 3.8) is 0 Å². The van der Waals surface area contributed by atoms with Gasteiger partial charge >= 0.3 is 0 Å². The Morgan fingerprint density at radius 3 is 2.29 bits per heavy atom. The van der Waals surface area contributed by atoms with Crippen LogP contribution in [-0.2, 0) is 0 Å². The molecule has 2 heteroatoms. The number of allylic oxidation sites excluding steroid dienone is 4. The van der Waals surface area contributed by atoms with Crippen molar-refractivity contribution in [1.29, 1.82) is 0 Å². The lowest BCUT2D eigenvalue weighted by Crippen LogP contribution is -2.34. The van der Waals surface area contributed by atoms with Gasteiger partial charge in [-0.05, 0) is 18.6 Å². The largest absolute Gasteiger partial charge is 0.339 e. The zero-order valence-electron chi connectivity index (χ0n) is 8.89. The third kappa shape index (κ3) is 3.79. The van der Waals surface area contributed by atoms with Crippen molar-refractivity contribution in [3.05, 3.63) is 36.7 Å². The van der Waals surface area contributed by atoms with Gasteiger partial charge in [0, 0.05) is 12.4 Å². The highest BCUT2D eigenvalue weighted by Gasteiger charge is 2.06. The fourth-order valence-corrected chi connectivity index (χ4v) is 1.45. The van der Waals surface area contributed by atoms with Gasteiger partial charge in [0.1, 0.15) is 0 Å². The fraction of sp³-hybridized carbons (Fsp3) is 0.500. The molecule has 0 bridgehead atoms. The van der Waals surface area contributed by atoms with E-state index in [-0.39, 0.29) is 6.17 Å². The molecule has 78 valence electrons. The summed E-state index contributed by atoms with van der Waals surface area (Å²) in [5.41, 5.74) is 6.05. The maximum absolute atomic E-state index is 6.05. The summed E-state index contributed by atoms with van der Waals surface area (Å²) in [7, 11) is 0. The molecule has 1 heterocycles. The van der Waals surface area contributed by atoms with Crippen LogP contribution in [0.5, 0.6) is 0 Å². The van der Waals surface area contributed by atoms with Crippen molar-refractivity contribution >= 4 is 0 Å². The molecular formula is C12H20N2. The lowest BCUT2D eigenvalue weighted by Gasteiger charge is -2.23. The molecule has 0 fully saturated rings. The number of hydrogen-bond acceptors (Lipinski definition) is 2. The van der Waals surface area contributed by atoms with Gasteiger partial charge in [0.15, 0.2) is 0 Å². The van der Waals surface area contributed by atoms with Gasteiger partial charge in [0.25, 0.3) is 0 Å². The van der Waals surface area contributed by atoms with Gasteiger partial charge in [0.2, 0.25) is 0 Å². The number of nitrogens with two attached hydrogens (primary N) is 1. The highest BCUT2D eigenvalue weighted by molar-refractivity contribution is 5.15. The van der Waals surface area contributed by atoms with Crippen molar-refractivity contribution in [2.45, 2.75) is 38.8 Å². The summed E-state index contributed by atoms with van der Waals surface area (Å²) in [6, 6.07) is 0. The minimum absolute atomic E-state index is 0.119. The summed E-state index contributed by atoms with van der Waals surface area (Å²) in [6.45, 7) is 2.21. The molecule has 2 nitrogen and oxygen atoms in total. The van der Waals surface area contributed by atoms with E-state index in [4.69, 9.17) is 5.73 Å². The summed E-state index contributed by atoms with van der Waals surface area (Å²) in [4.78, 5) is 2.07. The van der Waals surface area contributed by atoms with E-state index in [0.717, 1.165) is 6.42 Å². The first-order valence-electron chi connectivity index (χ1n) is 5.39. The number of nitrogens with zero attached hydrogens (tertiary/aromatic N) is 1. The smallest absolute Gasteiger partial charge is 0.0808 e. The third-order valence-electron chi connectivity index (χ3n) is 2.34. The number of unbranched alkanes of at least 4 members (excludes halogenated alkanes) is 2. The summed E-state index contributed by atoms with van der Waals surface area (Å²) in [6.07, 6.45) is 17.0. The summed E-state index contributed by atoms with van der Waals surface area (Å²) in [5.74, 6) is 0. The Hall–Kier alpha value is -1.02. The Balaban J connectivity index is 2.32. The molecule has 0 radical (unpaired) electrons. The van der Waals surface area contributed by atoms with Crippen molar-refractivity contribution in [2.75, 3.05) is 0 Å². The van der Waals surface area contributed by atoms with E-state index in [9.17, 15) is 0 Å². The van der Waals surface area contributed by atoms with Crippen LogP contribution in [0.25, 0.3) is 0 Å². The zero-order chi connectivity index (χ0) is 10.2. The van der Waals surface area contributed by atoms with Crippen LogP contribution < -0.4 is 5.73 Å². The minimum Gasteiger partial charge on any atom is -0.339 e. The Morgan fingerprint density at radius 2 is 1.71 bits per heavy atom. The maximum Gasteiger partial charge on any atom is 0.0808 e. The summed E-state index contributed by atoms with van der Waals surface area (Å²) < 4.78 is 0. The Morgan fingerprint density at radius 1 is 1.07 bits per heavy atom. The number of rotatable bonds is 5. The molecule has 1 unspecified atom stereocenters. The second kappa shape index (κ2) is 6.44. The molecular weight excluding hydrogens is 172 g/mol. The van der Waals surface area contributed by atoms with Crippen molar-refractivity contribution in [2.24, 2.45) is 5.73 Å². The van der Waals surface area contributed by atoms with Crippen LogP contribution in [0, 0.1) is 0 Å². The van der Waals surface area contributed by atoms with Gasteiger partial charge in [-0.15, -0.1) is 0 Å². The molecule has 1 atom stereocenters. The molecule has 0 aliphatic carbocycles. The minimum atomic E-state index is 0.119. The van der Waals surface area contributed by atoms with Crippen LogP contribution in [0.4, 0.5) is 0 Å². The van der Waals surface area contributed by atoms with Gasteiger partial charge < -0.3 is 10.6 Å². The Bertz CT molecular complexity index is 212. The first kappa shape index (κ1) is 11.1. The average molecular weight is 192 g/mol. The topological polar surface area (TPSA) is 29.3 Å². The van der Waals surface area contributed by atoms with E-state index in [1.54, 1.807) is 0 Å². The van der Waals surface area contributed by atoms with Crippen LogP contribution in [-0.4, -0.2) is 11.1 Å². The lowest BCUT2D eigenvalue weighted by molar-refractivity contribution is 0.343. The fourth-order valence-electron chi connectivity index (χ4n) is 1.45. The van der Waals surface area contributed by atoms with Crippen LogP contribution in [0.1, 0.15) is 32.6 Å². The van der Waals surface area contributed by atoms with E-state index in [0.29, 0.717) is 0 Å². The second-order valence-corrected chi connectivity index (χ2v) is 3.58. The molecule has 1 aliphatic rings. The number of hydrogen-bond donors (Lipinski definition) is 1. The van der Waals surface area contributed by atoms with Gasteiger partial charge in [-0.2, -0.15) is 0 Å². The highest BCUT2D eigenvalue weighted by Crippen LogP contribution is 2.08. The van der Waals surface area contributed by atoms with Crippen molar-refractivity contribution in [1.82, 2.24) is 4.90 Å². The molecule has 0 amide bonds. The van der Waals surface area contributed by atoms with E-state index < -0.39 is 0 Å².